The molecular weight excluding hydrogens is 306 g/mol. The fourth-order valence-corrected chi connectivity index (χ4v) is 3.31. The van der Waals surface area contributed by atoms with Gasteiger partial charge in [0.2, 0.25) is 5.91 Å². The summed E-state index contributed by atoms with van der Waals surface area (Å²) in [6, 6.07) is 0.633. The Morgan fingerprint density at radius 1 is 1.57 bits per heavy atom. The first-order valence-corrected chi connectivity index (χ1v) is 8.83. The molecule has 2 heterocycles. The van der Waals surface area contributed by atoms with Crippen LogP contribution in [0, 0.1) is 5.41 Å². The number of carbonyl (C=O) groups excluding carboxylic acids is 1. The van der Waals surface area contributed by atoms with Gasteiger partial charge in [0.15, 0.2) is 5.13 Å². The highest BCUT2D eigenvalue weighted by molar-refractivity contribution is 7.15. The van der Waals surface area contributed by atoms with Crippen LogP contribution in [-0.2, 0) is 11.3 Å². The number of amides is 1. The molecule has 4 nitrogen and oxygen atoms in total. The summed E-state index contributed by atoms with van der Waals surface area (Å²) >= 11 is 7.38. The monoisotopic (exact) mass is 329 g/mol. The second-order valence-electron chi connectivity index (χ2n) is 6.42. The number of hydrogen-bond donors (Lipinski definition) is 1. The number of aromatic nitrogens is 1. The molecule has 0 radical (unpaired) electrons. The molecule has 1 aliphatic rings. The maximum absolute atomic E-state index is 12.1. The lowest BCUT2D eigenvalue weighted by Gasteiger charge is -2.32. The third-order valence-corrected chi connectivity index (χ3v) is 5.59. The summed E-state index contributed by atoms with van der Waals surface area (Å²) in [4.78, 5) is 20.1. The zero-order valence-electron chi connectivity index (χ0n) is 13.0. The van der Waals surface area contributed by atoms with Crippen LogP contribution in [0.4, 0.5) is 5.13 Å². The molecule has 0 saturated carbocycles. The van der Waals surface area contributed by atoms with Gasteiger partial charge in [0.1, 0.15) is 0 Å². The Bertz CT molecular complexity index is 489. The molecule has 21 heavy (non-hydrogen) atoms. The number of carbonyl (C=O) groups is 1. The van der Waals surface area contributed by atoms with E-state index in [1.165, 1.54) is 24.1 Å². The van der Waals surface area contributed by atoms with E-state index in [-0.39, 0.29) is 5.91 Å². The highest BCUT2D eigenvalue weighted by Gasteiger charge is 2.27. The van der Waals surface area contributed by atoms with Gasteiger partial charge in [0.05, 0.1) is 5.41 Å². The van der Waals surface area contributed by atoms with Crippen LogP contribution in [0.5, 0.6) is 0 Å². The summed E-state index contributed by atoms with van der Waals surface area (Å²) in [7, 11) is 0. The highest BCUT2D eigenvalue weighted by atomic mass is 35.5. The smallest absolute Gasteiger partial charge is 0.233 e. The molecule has 0 spiro atoms. The molecule has 118 valence electrons. The van der Waals surface area contributed by atoms with Gasteiger partial charge in [-0.1, -0.05) is 6.42 Å². The molecule has 0 bridgehead atoms. The van der Waals surface area contributed by atoms with Crippen LogP contribution in [-0.4, -0.2) is 34.3 Å². The molecule has 1 atom stereocenters. The topological polar surface area (TPSA) is 45.2 Å². The minimum atomic E-state index is -0.575. The van der Waals surface area contributed by atoms with E-state index in [1.54, 1.807) is 11.3 Å². The van der Waals surface area contributed by atoms with Crippen LogP contribution in [0.25, 0.3) is 0 Å². The van der Waals surface area contributed by atoms with E-state index >= 15 is 0 Å². The number of nitrogens with one attached hydrogen (secondary N) is 1. The summed E-state index contributed by atoms with van der Waals surface area (Å²) in [6.45, 7) is 8.03. The summed E-state index contributed by atoms with van der Waals surface area (Å²) in [5.41, 5.74) is -0.575. The second-order valence-corrected chi connectivity index (χ2v) is 7.80. The molecule has 0 aliphatic carbocycles. The van der Waals surface area contributed by atoms with Gasteiger partial charge in [-0.15, -0.1) is 22.9 Å². The first-order valence-electron chi connectivity index (χ1n) is 7.48. The Hall–Kier alpha value is -0.650. The van der Waals surface area contributed by atoms with E-state index in [2.05, 4.69) is 22.1 Å². The van der Waals surface area contributed by atoms with Gasteiger partial charge in [0, 0.05) is 29.5 Å². The van der Waals surface area contributed by atoms with Crippen LogP contribution >= 0.6 is 22.9 Å². The third-order valence-electron chi connectivity index (χ3n) is 4.02. The predicted molar refractivity (Wildman–Crippen MR) is 89.0 cm³/mol. The van der Waals surface area contributed by atoms with E-state index in [4.69, 9.17) is 11.6 Å². The number of halogens is 1. The van der Waals surface area contributed by atoms with Crippen molar-refractivity contribution in [2.24, 2.45) is 5.41 Å². The molecule has 1 aromatic rings. The van der Waals surface area contributed by atoms with E-state index in [9.17, 15) is 4.79 Å². The summed E-state index contributed by atoms with van der Waals surface area (Å²) in [5, 5.41) is 3.53. The van der Waals surface area contributed by atoms with E-state index in [0.717, 1.165) is 13.1 Å². The van der Waals surface area contributed by atoms with Crippen molar-refractivity contribution in [2.45, 2.75) is 52.6 Å². The van der Waals surface area contributed by atoms with Crippen LogP contribution in [0.2, 0.25) is 0 Å². The Labute approximate surface area is 135 Å². The Morgan fingerprint density at radius 2 is 2.33 bits per heavy atom. The number of alkyl halides is 1. The average molecular weight is 330 g/mol. The molecule has 1 saturated heterocycles. The van der Waals surface area contributed by atoms with Gasteiger partial charge in [-0.2, -0.15) is 0 Å². The minimum Gasteiger partial charge on any atom is -0.301 e. The van der Waals surface area contributed by atoms with Crippen molar-refractivity contribution < 1.29 is 4.79 Å². The molecule has 1 aliphatic heterocycles. The maximum Gasteiger partial charge on any atom is 0.233 e. The Kier molecular flexibility index (Phi) is 5.63. The lowest BCUT2D eigenvalue weighted by molar-refractivity contribution is -0.122. The van der Waals surface area contributed by atoms with E-state index < -0.39 is 5.41 Å². The first-order chi connectivity index (χ1) is 9.92. The fourth-order valence-electron chi connectivity index (χ4n) is 2.36. The van der Waals surface area contributed by atoms with Crippen molar-refractivity contribution >= 4 is 34.0 Å². The lowest BCUT2D eigenvalue weighted by atomic mass is 9.95. The van der Waals surface area contributed by atoms with Crippen LogP contribution in [0.1, 0.15) is 44.9 Å². The Morgan fingerprint density at radius 3 is 3.00 bits per heavy atom. The number of nitrogens with zero attached hydrogens (tertiary/aromatic N) is 2. The summed E-state index contributed by atoms with van der Waals surface area (Å²) in [5.74, 6) is 0.215. The number of thiazole rings is 1. The average Bonchev–Trinajstić information content (AvgIpc) is 2.88. The van der Waals surface area contributed by atoms with Gasteiger partial charge in [0.25, 0.3) is 0 Å². The van der Waals surface area contributed by atoms with E-state index in [0.29, 0.717) is 17.1 Å². The molecule has 1 amide bonds. The predicted octanol–water partition coefficient (Wildman–Crippen LogP) is 3.72. The Balaban J connectivity index is 1.93. The van der Waals surface area contributed by atoms with Gasteiger partial charge in [-0.25, -0.2) is 4.98 Å². The highest BCUT2D eigenvalue weighted by Crippen LogP contribution is 2.26. The molecular formula is C15H24ClN3OS. The largest absolute Gasteiger partial charge is 0.301 e. The quantitative estimate of drug-likeness (QED) is 0.837. The molecule has 1 N–H and O–H groups in total. The van der Waals surface area contributed by atoms with Crippen molar-refractivity contribution in [1.29, 1.82) is 0 Å². The molecule has 1 aromatic heterocycles. The van der Waals surface area contributed by atoms with Gasteiger partial charge >= 0.3 is 0 Å². The van der Waals surface area contributed by atoms with Crippen molar-refractivity contribution in [3.8, 4) is 0 Å². The fraction of sp³-hybridized carbons (Fsp3) is 0.733. The molecule has 1 unspecified atom stereocenters. The van der Waals surface area contributed by atoms with Gasteiger partial charge < -0.3 is 5.32 Å². The van der Waals surface area contributed by atoms with Crippen molar-refractivity contribution in [1.82, 2.24) is 9.88 Å². The standard InChI is InChI=1S/C15H24ClN3OS/c1-11-6-4-5-7-19(11)9-12-8-17-14(21-12)18-13(20)15(2,3)10-16/h8,11H,4-7,9-10H2,1-3H3,(H,17,18,20). The van der Waals surface area contributed by atoms with Crippen LogP contribution < -0.4 is 5.32 Å². The number of likely N-dealkylation sites (tertiary alicyclic amines) is 1. The number of rotatable bonds is 5. The summed E-state index contributed by atoms with van der Waals surface area (Å²) in [6.07, 6.45) is 5.74. The number of piperidine rings is 1. The van der Waals surface area contributed by atoms with Crippen LogP contribution in [0.15, 0.2) is 6.20 Å². The number of anilines is 1. The van der Waals surface area contributed by atoms with Crippen LogP contribution in [0.3, 0.4) is 0 Å². The zero-order valence-corrected chi connectivity index (χ0v) is 14.6. The molecule has 1 fully saturated rings. The van der Waals surface area contributed by atoms with Crippen molar-refractivity contribution in [2.75, 3.05) is 17.7 Å². The number of hydrogen-bond acceptors (Lipinski definition) is 4. The van der Waals surface area contributed by atoms with Gasteiger partial charge in [-0.3, -0.25) is 9.69 Å². The SMILES string of the molecule is CC1CCCCN1Cc1cnc(NC(=O)C(C)(C)CCl)s1. The maximum atomic E-state index is 12.1. The molecule has 0 aromatic carbocycles. The third kappa shape index (κ3) is 4.41. The summed E-state index contributed by atoms with van der Waals surface area (Å²) < 4.78 is 0. The van der Waals surface area contributed by atoms with Crippen molar-refractivity contribution in [3.05, 3.63) is 11.1 Å². The normalized spacial score (nSPS) is 20.5. The zero-order chi connectivity index (χ0) is 15.5. The second kappa shape index (κ2) is 7.07. The molecule has 2 rings (SSSR count). The van der Waals surface area contributed by atoms with E-state index in [1.807, 2.05) is 20.0 Å². The van der Waals surface area contributed by atoms with Gasteiger partial charge in [-0.05, 0) is 40.2 Å². The van der Waals surface area contributed by atoms with Crippen molar-refractivity contribution in [3.63, 3.8) is 0 Å². The first kappa shape index (κ1) is 16.7. The lowest BCUT2D eigenvalue weighted by Crippen LogP contribution is -2.36. The molecule has 6 heteroatoms. The minimum absolute atomic E-state index is 0.0789.